The minimum Gasteiger partial charge on any atom is -0.298 e. The molecule has 0 aromatic carbocycles. The summed E-state index contributed by atoms with van der Waals surface area (Å²) in [5.41, 5.74) is 0.916. The van der Waals surface area contributed by atoms with Gasteiger partial charge in [-0.15, -0.1) is 11.3 Å². The smallest absolute Gasteiger partial charge is 0.298 e. The molecule has 0 saturated heterocycles. The summed E-state index contributed by atoms with van der Waals surface area (Å²) in [6.07, 6.45) is -2.32. The highest BCUT2D eigenvalue weighted by Crippen LogP contribution is 2.30. The molecule has 0 bridgehead atoms. The van der Waals surface area contributed by atoms with E-state index in [2.05, 4.69) is 20.4 Å². The molecule has 10 heteroatoms. The van der Waals surface area contributed by atoms with E-state index in [0.717, 1.165) is 18.0 Å². The van der Waals surface area contributed by atoms with E-state index in [0.29, 0.717) is 16.4 Å². The lowest BCUT2D eigenvalue weighted by Gasteiger charge is -2.13. The number of aromatic nitrogens is 4. The molecule has 0 spiro atoms. The van der Waals surface area contributed by atoms with E-state index in [4.69, 9.17) is 0 Å². The topological polar surface area (TPSA) is 72.7 Å². The summed E-state index contributed by atoms with van der Waals surface area (Å²) in [5, 5.41) is 9.33. The molecule has 3 heterocycles. The normalized spacial score (nSPS) is 12.0. The molecular weight excluding hydrogens is 403 g/mol. The average molecular weight is 423 g/mol. The van der Waals surface area contributed by atoms with Crippen LogP contribution in [0.2, 0.25) is 0 Å². The molecule has 0 aliphatic rings. The molecule has 6 nitrogen and oxygen atoms in total. The van der Waals surface area contributed by atoms with Gasteiger partial charge in [0.15, 0.2) is 10.9 Å². The quantitative estimate of drug-likeness (QED) is 0.609. The first-order valence-corrected chi connectivity index (χ1v) is 9.84. The largest absolute Gasteiger partial charge is 0.417 e. The fourth-order valence-electron chi connectivity index (χ4n) is 2.72. The zero-order valence-corrected chi connectivity index (χ0v) is 17.1. The van der Waals surface area contributed by atoms with Gasteiger partial charge in [0.2, 0.25) is 0 Å². The van der Waals surface area contributed by atoms with Crippen molar-refractivity contribution >= 4 is 22.4 Å². The molecule has 0 atom stereocenters. The zero-order chi connectivity index (χ0) is 21.3. The van der Waals surface area contributed by atoms with Crippen molar-refractivity contribution in [3.8, 4) is 5.82 Å². The highest BCUT2D eigenvalue weighted by Gasteiger charge is 2.31. The van der Waals surface area contributed by atoms with Crippen LogP contribution in [0.3, 0.4) is 0 Å². The Bertz CT molecular complexity index is 1010. The molecular formula is C19H20F3N5OS. The monoisotopic (exact) mass is 423 g/mol. The second-order valence-electron chi connectivity index (χ2n) is 7.10. The Hall–Kier alpha value is -2.75. The van der Waals surface area contributed by atoms with Crippen LogP contribution in [0.5, 0.6) is 0 Å². The lowest BCUT2D eigenvalue weighted by atomic mass is 10.1. The zero-order valence-electron chi connectivity index (χ0n) is 16.3. The molecule has 0 saturated carbocycles. The van der Waals surface area contributed by atoms with Gasteiger partial charge in [-0.25, -0.2) is 14.6 Å². The number of alkyl halides is 3. The Morgan fingerprint density at radius 1 is 1.14 bits per heavy atom. The fourth-order valence-corrected chi connectivity index (χ4v) is 3.59. The molecule has 1 amide bonds. The third-order valence-electron chi connectivity index (χ3n) is 4.22. The number of hydrogen-bond donors (Lipinski definition) is 1. The van der Waals surface area contributed by atoms with Gasteiger partial charge in [0, 0.05) is 11.6 Å². The third-order valence-corrected chi connectivity index (χ3v) is 5.00. The minimum atomic E-state index is -4.47. The molecule has 1 N–H and O–H groups in total. The maximum atomic E-state index is 12.8. The van der Waals surface area contributed by atoms with Crippen molar-refractivity contribution in [1.82, 2.24) is 19.7 Å². The molecule has 0 unspecified atom stereocenters. The Kier molecular flexibility index (Phi) is 5.74. The molecule has 3 aromatic rings. The Morgan fingerprint density at radius 3 is 2.38 bits per heavy atom. The molecule has 0 aliphatic heterocycles. The molecule has 0 radical (unpaired) electrons. The number of carbonyl (C=O) groups excluding carboxylic acids is 1. The number of nitrogens with one attached hydrogen (secondary N) is 1. The number of rotatable bonds is 5. The lowest BCUT2D eigenvalue weighted by Crippen LogP contribution is -2.16. The van der Waals surface area contributed by atoms with Crippen LogP contribution < -0.4 is 5.32 Å². The molecule has 29 heavy (non-hydrogen) atoms. The van der Waals surface area contributed by atoms with Gasteiger partial charge in [-0.05, 0) is 24.0 Å². The molecule has 3 rings (SSSR count). The van der Waals surface area contributed by atoms with Crippen molar-refractivity contribution in [1.29, 1.82) is 0 Å². The van der Waals surface area contributed by atoms with Crippen LogP contribution >= 0.6 is 11.3 Å². The number of halogens is 3. The maximum Gasteiger partial charge on any atom is 0.417 e. The Morgan fingerprint density at radius 2 is 1.86 bits per heavy atom. The van der Waals surface area contributed by atoms with Gasteiger partial charge in [-0.2, -0.15) is 18.3 Å². The van der Waals surface area contributed by atoms with Gasteiger partial charge in [0.05, 0.1) is 28.7 Å². The summed E-state index contributed by atoms with van der Waals surface area (Å²) >= 11 is 1.33. The number of anilines is 1. The van der Waals surface area contributed by atoms with E-state index in [9.17, 15) is 18.0 Å². The van der Waals surface area contributed by atoms with E-state index in [1.54, 1.807) is 0 Å². The predicted octanol–water partition coefficient (Wildman–Crippen LogP) is 5.24. The molecule has 0 fully saturated rings. The van der Waals surface area contributed by atoms with Gasteiger partial charge in [-0.1, -0.05) is 27.7 Å². The van der Waals surface area contributed by atoms with Crippen molar-refractivity contribution in [3.63, 3.8) is 0 Å². The summed E-state index contributed by atoms with van der Waals surface area (Å²) in [5.74, 6) is -0.0462. The van der Waals surface area contributed by atoms with Gasteiger partial charge in [-0.3, -0.25) is 10.1 Å². The number of hydrogen-bond acceptors (Lipinski definition) is 5. The first-order chi connectivity index (χ1) is 13.6. The third kappa shape index (κ3) is 4.47. The maximum absolute atomic E-state index is 12.8. The predicted molar refractivity (Wildman–Crippen MR) is 105 cm³/mol. The Labute approximate surface area is 169 Å². The van der Waals surface area contributed by atoms with Crippen LogP contribution in [0.15, 0.2) is 29.9 Å². The fraction of sp³-hybridized carbons (Fsp3) is 0.368. The van der Waals surface area contributed by atoms with Crippen LogP contribution in [0, 0.1) is 0 Å². The molecule has 154 valence electrons. The molecule has 0 aliphatic carbocycles. The van der Waals surface area contributed by atoms with Crippen LogP contribution in [-0.2, 0) is 6.18 Å². The summed E-state index contributed by atoms with van der Waals surface area (Å²) in [7, 11) is 0. The lowest BCUT2D eigenvalue weighted by molar-refractivity contribution is -0.137. The number of pyridine rings is 1. The van der Waals surface area contributed by atoms with Crippen molar-refractivity contribution in [2.45, 2.75) is 45.7 Å². The summed E-state index contributed by atoms with van der Waals surface area (Å²) in [4.78, 5) is 21.0. The summed E-state index contributed by atoms with van der Waals surface area (Å²) < 4.78 is 39.7. The van der Waals surface area contributed by atoms with Crippen molar-refractivity contribution in [3.05, 3.63) is 52.4 Å². The van der Waals surface area contributed by atoms with Crippen molar-refractivity contribution in [2.75, 3.05) is 5.32 Å². The summed E-state index contributed by atoms with van der Waals surface area (Å²) in [6.45, 7) is 7.76. The highest BCUT2D eigenvalue weighted by atomic mass is 32.1. The minimum absolute atomic E-state index is 0.120. The van der Waals surface area contributed by atoms with Crippen LogP contribution in [0.1, 0.15) is 66.8 Å². The number of carbonyl (C=O) groups is 1. The SMILES string of the molecule is CC(C)c1csc(NC(=O)c2cnn(-c3ccc(C(F)(F)F)cn3)c2C(C)C)n1. The van der Waals surface area contributed by atoms with Crippen LogP contribution in [-0.4, -0.2) is 25.7 Å². The van der Waals surface area contributed by atoms with Crippen molar-refractivity contribution < 1.29 is 18.0 Å². The van der Waals surface area contributed by atoms with Crippen molar-refractivity contribution in [2.24, 2.45) is 0 Å². The van der Waals surface area contributed by atoms with E-state index >= 15 is 0 Å². The molecule has 3 aromatic heterocycles. The first-order valence-electron chi connectivity index (χ1n) is 8.96. The van der Waals surface area contributed by atoms with E-state index in [-0.39, 0.29) is 23.6 Å². The van der Waals surface area contributed by atoms with Gasteiger partial charge in [0.1, 0.15) is 0 Å². The number of thiazole rings is 1. The highest BCUT2D eigenvalue weighted by molar-refractivity contribution is 7.14. The van der Waals surface area contributed by atoms with Crippen LogP contribution in [0.4, 0.5) is 18.3 Å². The first kappa shape index (κ1) is 21.0. The Balaban J connectivity index is 1.91. The second kappa shape index (κ2) is 7.94. The second-order valence-corrected chi connectivity index (χ2v) is 7.96. The van der Waals surface area contributed by atoms with Crippen LogP contribution in [0.25, 0.3) is 5.82 Å². The average Bonchev–Trinajstić information content (AvgIpc) is 3.28. The van der Waals surface area contributed by atoms with Gasteiger partial charge < -0.3 is 0 Å². The van der Waals surface area contributed by atoms with E-state index in [1.165, 1.54) is 28.3 Å². The van der Waals surface area contributed by atoms with E-state index < -0.39 is 11.7 Å². The number of nitrogens with zero attached hydrogens (tertiary/aromatic N) is 4. The number of amides is 1. The van der Waals surface area contributed by atoms with Gasteiger partial charge >= 0.3 is 6.18 Å². The summed E-state index contributed by atoms with van der Waals surface area (Å²) in [6, 6.07) is 2.18. The standard InChI is InChI=1S/C19H20F3N5OS/c1-10(2)14-9-29-18(25-14)26-17(28)13-8-24-27(16(13)11(3)4)15-6-5-12(7-23-15)19(20,21)22/h5-11H,1-4H3,(H,25,26,28). The van der Waals surface area contributed by atoms with E-state index in [1.807, 2.05) is 33.1 Å². The van der Waals surface area contributed by atoms with Gasteiger partial charge in [0.25, 0.3) is 5.91 Å².